The molecule has 1 aromatic heterocycles. The molecular formula is C25H27F5N4O4. The zero-order valence-corrected chi connectivity index (χ0v) is 20.9. The second-order valence-electron chi connectivity index (χ2n) is 9.38. The second kappa shape index (κ2) is 10.4. The van der Waals surface area contributed by atoms with Crippen LogP contribution in [0.25, 0.3) is 0 Å². The molecule has 0 saturated carbocycles. The molecule has 2 N–H and O–H groups in total. The van der Waals surface area contributed by atoms with Crippen molar-refractivity contribution < 1.29 is 41.0 Å². The molecule has 4 atom stereocenters. The summed E-state index contributed by atoms with van der Waals surface area (Å²) >= 11 is 0. The van der Waals surface area contributed by atoms with Crippen molar-refractivity contribution in [2.45, 2.75) is 37.6 Å². The first-order valence-electron chi connectivity index (χ1n) is 11.9. The van der Waals surface area contributed by atoms with Crippen molar-refractivity contribution in [1.82, 2.24) is 15.2 Å². The van der Waals surface area contributed by atoms with Crippen molar-refractivity contribution in [2.75, 3.05) is 38.6 Å². The number of pyridine rings is 1. The number of halogens is 5. The predicted octanol–water partition coefficient (Wildman–Crippen LogP) is 3.49. The molecule has 13 heteroatoms. The molecule has 8 nitrogen and oxygen atoms in total. The summed E-state index contributed by atoms with van der Waals surface area (Å²) in [7, 11) is 1.05. The van der Waals surface area contributed by atoms with E-state index < -0.39 is 53.0 Å². The number of alkyl halides is 3. The maximum Gasteiger partial charge on any atom is 0.417 e. The average molecular weight is 543 g/mol. The number of methoxy groups -OCH3 is 1. The molecule has 206 valence electrons. The molecule has 0 spiro atoms. The van der Waals surface area contributed by atoms with Gasteiger partial charge in [0.15, 0.2) is 17.2 Å². The van der Waals surface area contributed by atoms with Crippen LogP contribution in [0.4, 0.5) is 27.8 Å². The van der Waals surface area contributed by atoms with Crippen LogP contribution in [0.15, 0.2) is 30.3 Å². The van der Waals surface area contributed by atoms with Gasteiger partial charge in [-0.3, -0.25) is 9.59 Å². The van der Waals surface area contributed by atoms with Crippen LogP contribution in [-0.2, 0) is 9.53 Å². The molecule has 0 unspecified atom stereocenters. The summed E-state index contributed by atoms with van der Waals surface area (Å²) in [5, 5.41) is 5.55. The summed E-state index contributed by atoms with van der Waals surface area (Å²) in [5.41, 5.74) is -2.89. The third kappa shape index (κ3) is 4.92. The number of carbonyl (C=O) groups is 2. The van der Waals surface area contributed by atoms with Crippen LogP contribution in [0.1, 0.15) is 35.8 Å². The van der Waals surface area contributed by atoms with Crippen LogP contribution < -0.4 is 15.4 Å². The first kappa shape index (κ1) is 27.7. The van der Waals surface area contributed by atoms with Gasteiger partial charge in [-0.05, 0) is 25.1 Å². The van der Waals surface area contributed by atoms with E-state index in [0.29, 0.717) is 26.2 Å². The molecule has 2 aliphatic heterocycles. The Morgan fingerprint density at radius 3 is 2.50 bits per heavy atom. The van der Waals surface area contributed by atoms with Crippen molar-refractivity contribution in [2.24, 2.45) is 5.92 Å². The molecule has 2 amide bonds. The number of carbonyl (C=O) groups excluding carboxylic acids is 2. The summed E-state index contributed by atoms with van der Waals surface area (Å²) in [6.07, 6.45) is -6.66. The number of benzene rings is 1. The molecule has 38 heavy (non-hydrogen) atoms. The predicted molar refractivity (Wildman–Crippen MR) is 126 cm³/mol. The molecular weight excluding hydrogens is 515 g/mol. The van der Waals surface area contributed by atoms with Crippen molar-refractivity contribution in [1.29, 1.82) is 0 Å². The molecule has 0 aliphatic carbocycles. The van der Waals surface area contributed by atoms with Crippen LogP contribution in [0.2, 0.25) is 0 Å². The Morgan fingerprint density at radius 1 is 1.18 bits per heavy atom. The van der Waals surface area contributed by atoms with Gasteiger partial charge in [0.05, 0.1) is 7.11 Å². The minimum Gasteiger partial charge on any atom is -0.493 e. The molecule has 0 bridgehead atoms. The number of nitrogens with zero attached hydrogens (tertiary/aromatic N) is 2. The van der Waals surface area contributed by atoms with Crippen LogP contribution in [0.5, 0.6) is 5.75 Å². The highest BCUT2D eigenvalue weighted by Crippen LogP contribution is 2.55. The number of piperazine rings is 1. The van der Waals surface area contributed by atoms with E-state index in [-0.39, 0.29) is 23.0 Å². The molecule has 2 fully saturated rings. The van der Waals surface area contributed by atoms with Gasteiger partial charge >= 0.3 is 6.18 Å². The Morgan fingerprint density at radius 2 is 1.87 bits per heavy atom. The fourth-order valence-electron chi connectivity index (χ4n) is 4.89. The largest absolute Gasteiger partial charge is 0.493 e. The van der Waals surface area contributed by atoms with E-state index in [9.17, 15) is 31.5 Å². The summed E-state index contributed by atoms with van der Waals surface area (Å²) in [6, 6.07) is 6.15. The lowest BCUT2D eigenvalue weighted by atomic mass is 9.77. The Hall–Kier alpha value is -3.32. The first-order valence-corrected chi connectivity index (χ1v) is 11.9. The number of hydrogen-bond acceptors (Lipinski definition) is 6. The van der Waals surface area contributed by atoms with Crippen molar-refractivity contribution >= 4 is 17.6 Å². The van der Waals surface area contributed by atoms with Gasteiger partial charge < -0.3 is 25.0 Å². The number of nitrogens with one attached hydrogen (secondary N) is 2. The third-order valence-corrected chi connectivity index (χ3v) is 7.19. The number of anilines is 1. The maximum atomic E-state index is 14.5. The highest BCUT2D eigenvalue weighted by molar-refractivity contribution is 5.96. The third-order valence-electron chi connectivity index (χ3n) is 7.19. The van der Waals surface area contributed by atoms with Crippen LogP contribution in [0.3, 0.4) is 0 Å². The topological polar surface area (TPSA) is 92.8 Å². The molecule has 1 aromatic carbocycles. The SMILES string of the molecule is COc1c([C@H]2[C@H](C(=O)Nc3cccc(C(=O)N4CCNCC4)n3)O[C@@](C)(C(F)(F)F)[C@H]2C)ccc(F)c1F. The standard InChI is InChI=1S/C25H27F5N4O4/c1-13-18(14-7-8-15(26)19(27)20(14)37-3)21(38-24(13,2)25(28,29)30)22(35)33-17-6-4-5-16(32-17)23(36)34-11-9-31-10-12-34/h4-8,13,18,21,31H,9-12H2,1-3H3,(H,32,33,35)/t13-,18-,21+,24+/m0/s1. The smallest absolute Gasteiger partial charge is 0.417 e. The normalized spacial score (nSPS) is 25.8. The van der Waals surface area contributed by atoms with Gasteiger partial charge in [-0.1, -0.05) is 19.1 Å². The van der Waals surface area contributed by atoms with Gasteiger partial charge in [0, 0.05) is 43.6 Å². The van der Waals surface area contributed by atoms with Crippen LogP contribution in [-0.4, -0.2) is 72.9 Å². The summed E-state index contributed by atoms with van der Waals surface area (Å²) < 4.78 is 81.0. The zero-order chi connectivity index (χ0) is 27.8. The van der Waals surface area contributed by atoms with E-state index in [1.165, 1.54) is 25.1 Å². The van der Waals surface area contributed by atoms with E-state index in [1.54, 1.807) is 4.90 Å². The number of amides is 2. The highest BCUT2D eigenvalue weighted by atomic mass is 19.4. The maximum absolute atomic E-state index is 14.5. The minimum atomic E-state index is -4.89. The van der Waals surface area contributed by atoms with Crippen molar-refractivity contribution in [3.63, 3.8) is 0 Å². The summed E-state index contributed by atoms with van der Waals surface area (Å²) in [6.45, 7) is 4.20. The lowest BCUT2D eigenvalue weighted by Crippen LogP contribution is -2.47. The number of rotatable bonds is 5. The Kier molecular flexibility index (Phi) is 7.62. The van der Waals surface area contributed by atoms with Crippen LogP contribution >= 0.6 is 0 Å². The lowest BCUT2D eigenvalue weighted by molar-refractivity contribution is -0.272. The van der Waals surface area contributed by atoms with E-state index >= 15 is 0 Å². The molecule has 2 aliphatic rings. The second-order valence-corrected chi connectivity index (χ2v) is 9.38. The van der Waals surface area contributed by atoms with E-state index in [0.717, 1.165) is 26.2 Å². The molecule has 2 aromatic rings. The van der Waals surface area contributed by atoms with Gasteiger partial charge in [-0.2, -0.15) is 17.6 Å². The van der Waals surface area contributed by atoms with Crippen molar-refractivity contribution in [3.8, 4) is 5.75 Å². The monoisotopic (exact) mass is 542 g/mol. The highest BCUT2D eigenvalue weighted by Gasteiger charge is 2.66. The van der Waals surface area contributed by atoms with Gasteiger partial charge in [0.25, 0.3) is 11.8 Å². The fourth-order valence-corrected chi connectivity index (χ4v) is 4.89. The number of hydrogen-bond donors (Lipinski definition) is 2. The van der Waals surface area contributed by atoms with E-state index in [1.807, 2.05) is 0 Å². The van der Waals surface area contributed by atoms with E-state index in [2.05, 4.69) is 15.6 Å². The Labute approximate surface area is 215 Å². The molecule has 3 heterocycles. The minimum absolute atomic E-state index is 0.0457. The number of aromatic nitrogens is 1. The van der Waals surface area contributed by atoms with Gasteiger partial charge in [0.1, 0.15) is 17.6 Å². The Balaban J connectivity index is 1.67. The van der Waals surface area contributed by atoms with Gasteiger partial charge in [-0.25, -0.2) is 9.37 Å². The summed E-state index contributed by atoms with van der Waals surface area (Å²) in [5.74, 6) is -7.46. The number of ether oxygens (including phenoxy) is 2. The summed E-state index contributed by atoms with van der Waals surface area (Å²) in [4.78, 5) is 31.9. The quantitative estimate of drug-likeness (QED) is 0.563. The zero-order valence-electron chi connectivity index (χ0n) is 20.9. The molecule has 2 saturated heterocycles. The lowest BCUT2D eigenvalue weighted by Gasteiger charge is -2.32. The fraction of sp³-hybridized carbons (Fsp3) is 0.480. The van der Waals surface area contributed by atoms with Crippen molar-refractivity contribution in [3.05, 3.63) is 53.2 Å². The first-order chi connectivity index (χ1) is 17.9. The van der Waals surface area contributed by atoms with Gasteiger partial charge in [-0.15, -0.1) is 0 Å². The Bertz CT molecular complexity index is 1220. The van der Waals surface area contributed by atoms with Crippen LogP contribution in [0, 0.1) is 17.6 Å². The van der Waals surface area contributed by atoms with E-state index in [4.69, 9.17) is 9.47 Å². The molecule has 4 rings (SSSR count). The average Bonchev–Trinajstić information content (AvgIpc) is 3.17. The van der Waals surface area contributed by atoms with Gasteiger partial charge in [0.2, 0.25) is 5.82 Å². The molecule has 0 radical (unpaired) electrons.